The van der Waals surface area contributed by atoms with Crippen molar-refractivity contribution < 1.29 is 10.2 Å². The summed E-state index contributed by atoms with van der Waals surface area (Å²) in [5, 5.41) is 16.6. The van der Waals surface area contributed by atoms with Gasteiger partial charge in [0.05, 0.1) is 11.0 Å². The van der Waals surface area contributed by atoms with Crippen LogP contribution in [-0.2, 0) is 0 Å². The highest BCUT2D eigenvalue weighted by atomic mass is 32.1. The van der Waals surface area contributed by atoms with Crippen LogP contribution >= 0.6 is 11.4 Å². The molecule has 0 aliphatic heterocycles. The summed E-state index contributed by atoms with van der Waals surface area (Å²) in [6.45, 7) is 1.55. The molecule has 0 aliphatic rings. The maximum absolute atomic E-state index is 8.30. The van der Waals surface area contributed by atoms with Gasteiger partial charge >= 0.3 is 0 Å². The van der Waals surface area contributed by atoms with Crippen LogP contribution in [0, 0.1) is 0 Å². The smallest absolute Gasteiger partial charge is 0.0831 e. The van der Waals surface area contributed by atoms with E-state index in [4.69, 9.17) is 10.2 Å². The molecule has 0 aliphatic carbocycles. The Kier molecular flexibility index (Phi) is 3.41. The third-order valence-electron chi connectivity index (χ3n) is 0.300. The van der Waals surface area contributed by atoms with Crippen LogP contribution in [0.4, 0.5) is 0 Å². The molecule has 0 aromatic rings. The average molecular weight is 108 g/mol. The number of hydrogen-bond donors (Lipinski definition) is 3. The molecule has 0 spiro atoms. The Morgan fingerprint density at radius 2 is 2.33 bits per heavy atom. The fraction of sp³-hybridized carbons (Fsp3) is 0.667. The lowest BCUT2D eigenvalue weighted by Gasteiger charge is -1.80. The molecule has 6 heavy (non-hydrogen) atoms. The molecule has 0 atom stereocenters. The Morgan fingerprint density at radius 3 is 2.33 bits per heavy atom. The second-order valence-corrected chi connectivity index (χ2v) is 2.09. The zero-order valence-corrected chi connectivity index (χ0v) is 4.44. The fourth-order valence-electron chi connectivity index (χ4n) is 0.102. The molecule has 0 saturated heterocycles. The molecule has 0 amide bonds. The molecule has 0 unspecified atom stereocenters. The SMILES string of the molecule is CC(O)=[SH]CO. The number of rotatable bonds is 1. The average Bonchev–Trinajstić information content (AvgIpc) is 1.35. The fourth-order valence-corrected chi connectivity index (χ4v) is 0.307. The topological polar surface area (TPSA) is 40.5 Å². The summed E-state index contributed by atoms with van der Waals surface area (Å²) in [6, 6.07) is 0. The van der Waals surface area contributed by atoms with Gasteiger partial charge in [-0.2, -0.15) is 0 Å². The highest BCUT2D eigenvalue weighted by Gasteiger charge is 1.68. The minimum absolute atomic E-state index is 0.0162. The summed E-state index contributed by atoms with van der Waals surface area (Å²) >= 11 is 0.606. The summed E-state index contributed by atoms with van der Waals surface area (Å²) in [4.78, 5) is 0. The van der Waals surface area contributed by atoms with Crippen molar-refractivity contribution in [3.63, 3.8) is 0 Å². The van der Waals surface area contributed by atoms with E-state index in [2.05, 4.69) is 0 Å². The van der Waals surface area contributed by atoms with E-state index in [1.54, 1.807) is 6.92 Å². The summed E-state index contributed by atoms with van der Waals surface area (Å²) in [5.74, 6) is 0.0162. The molecule has 0 radical (unpaired) electrons. The first kappa shape index (κ1) is 6.14. The van der Waals surface area contributed by atoms with E-state index in [1.165, 1.54) is 0 Å². The Hall–Kier alpha value is 0.140. The summed E-state index contributed by atoms with van der Waals surface area (Å²) in [6.07, 6.45) is 0. The van der Waals surface area contributed by atoms with Crippen LogP contribution in [0.25, 0.3) is 0 Å². The van der Waals surface area contributed by atoms with E-state index >= 15 is 0 Å². The van der Waals surface area contributed by atoms with Gasteiger partial charge < -0.3 is 10.2 Å². The Labute approximate surface area is 40.4 Å². The van der Waals surface area contributed by atoms with E-state index in [1.807, 2.05) is 0 Å². The van der Waals surface area contributed by atoms with E-state index in [0.29, 0.717) is 11.4 Å². The lowest BCUT2D eigenvalue weighted by atomic mass is 10.9. The zero-order valence-electron chi connectivity index (χ0n) is 3.55. The standard InChI is InChI=1S/C3H8O2S/c1-3(5)6-2-4/h4-6H,2H2,1H3. The van der Waals surface area contributed by atoms with E-state index in [0.717, 1.165) is 0 Å². The predicted molar refractivity (Wildman–Crippen MR) is 29.4 cm³/mol. The van der Waals surface area contributed by atoms with Gasteiger partial charge in [-0.15, -0.1) is 11.4 Å². The molecule has 0 aromatic heterocycles. The first-order valence-corrected chi connectivity index (χ1v) is 2.66. The summed E-state index contributed by atoms with van der Waals surface area (Å²) in [7, 11) is 0. The zero-order chi connectivity index (χ0) is 4.99. The van der Waals surface area contributed by atoms with Crippen molar-refractivity contribution in [3.05, 3.63) is 0 Å². The molecule has 0 bridgehead atoms. The summed E-state index contributed by atoms with van der Waals surface area (Å²) in [5.41, 5.74) is 0. The van der Waals surface area contributed by atoms with Crippen LogP contribution in [0.2, 0.25) is 0 Å². The van der Waals surface area contributed by atoms with Gasteiger partial charge in [-0.3, -0.25) is 0 Å². The normalized spacial score (nSPS) is 13.5. The third kappa shape index (κ3) is 4.14. The second kappa shape index (κ2) is 3.33. The molecular weight excluding hydrogens is 100 g/mol. The summed E-state index contributed by atoms with van der Waals surface area (Å²) < 4.78 is 0. The second-order valence-electron chi connectivity index (χ2n) is 0.847. The van der Waals surface area contributed by atoms with Gasteiger partial charge in [0.15, 0.2) is 0 Å². The van der Waals surface area contributed by atoms with Gasteiger partial charge in [-0.1, -0.05) is 0 Å². The van der Waals surface area contributed by atoms with Crippen LogP contribution in [0.1, 0.15) is 6.92 Å². The monoisotopic (exact) mass is 108 g/mol. The molecule has 3 heteroatoms. The molecule has 2 nitrogen and oxygen atoms in total. The maximum Gasteiger partial charge on any atom is 0.0831 e. The van der Waals surface area contributed by atoms with Crippen LogP contribution in [0.15, 0.2) is 0 Å². The van der Waals surface area contributed by atoms with Gasteiger partial charge in [0, 0.05) is 0 Å². The van der Waals surface area contributed by atoms with E-state index < -0.39 is 0 Å². The van der Waals surface area contributed by atoms with Crippen LogP contribution in [0.5, 0.6) is 0 Å². The molecule has 2 N–H and O–H groups in total. The van der Waals surface area contributed by atoms with E-state index in [-0.39, 0.29) is 11.0 Å². The van der Waals surface area contributed by atoms with Crippen molar-refractivity contribution in [2.75, 3.05) is 5.94 Å². The van der Waals surface area contributed by atoms with E-state index in [9.17, 15) is 0 Å². The Bertz CT molecular complexity index is 55.8. The number of thiol groups is 1. The van der Waals surface area contributed by atoms with Gasteiger partial charge in [-0.25, -0.2) is 0 Å². The van der Waals surface area contributed by atoms with Gasteiger partial charge in [0.25, 0.3) is 0 Å². The molecule has 0 saturated carbocycles. The van der Waals surface area contributed by atoms with Crippen molar-refractivity contribution in [2.24, 2.45) is 0 Å². The molecule has 38 valence electrons. The minimum Gasteiger partial charge on any atom is -0.386 e. The number of aliphatic hydroxyl groups is 2. The molecular formula is C3H8O2S. The van der Waals surface area contributed by atoms with Crippen LogP contribution < -0.4 is 0 Å². The van der Waals surface area contributed by atoms with Crippen LogP contribution in [0.3, 0.4) is 0 Å². The first-order valence-electron chi connectivity index (χ1n) is 1.58. The lowest BCUT2D eigenvalue weighted by Crippen LogP contribution is -1.81. The Morgan fingerprint density at radius 1 is 1.83 bits per heavy atom. The van der Waals surface area contributed by atoms with Crippen molar-refractivity contribution in [1.29, 1.82) is 0 Å². The third-order valence-corrected chi connectivity index (χ3v) is 0.899. The molecule has 0 fully saturated rings. The van der Waals surface area contributed by atoms with Gasteiger partial charge in [0.1, 0.15) is 0 Å². The van der Waals surface area contributed by atoms with Crippen molar-refractivity contribution in [1.82, 2.24) is 0 Å². The highest BCUT2D eigenvalue weighted by Crippen LogP contribution is 1.80. The van der Waals surface area contributed by atoms with Gasteiger partial charge in [-0.05, 0) is 6.92 Å². The molecule has 0 heterocycles. The number of aliphatic hydroxyl groups excluding tert-OH is 2. The van der Waals surface area contributed by atoms with Crippen molar-refractivity contribution in [2.45, 2.75) is 6.92 Å². The largest absolute Gasteiger partial charge is 0.386 e. The first-order chi connectivity index (χ1) is 2.77. The highest BCUT2D eigenvalue weighted by molar-refractivity contribution is 7.98. The van der Waals surface area contributed by atoms with Crippen molar-refractivity contribution in [3.8, 4) is 0 Å². The Balaban J connectivity index is 3.14. The van der Waals surface area contributed by atoms with Crippen molar-refractivity contribution >= 4 is 16.4 Å². The predicted octanol–water partition coefficient (Wildman–Crippen LogP) is 0.109. The van der Waals surface area contributed by atoms with Gasteiger partial charge in [0.2, 0.25) is 0 Å². The lowest BCUT2D eigenvalue weighted by molar-refractivity contribution is 0.376. The maximum atomic E-state index is 8.30. The van der Waals surface area contributed by atoms with Crippen LogP contribution in [-0.4, -0.2) is 21.2 Å². The molecule has 0 aromatic carbocycles. The molecule has 0 rings (SSSR count). The number of hydrogen-bond acceptors (Lipinski definition) is 1. The minimum atomic E-state index is 0.0162. The quantitative estimate of drug-likeness (QED) is 0.329.